The van der Waals surface area contributed by atoms with E-state index < -0.39 is 16.2 Å². The number of halogens is 1. The Labute approximate surface area is 136 Å². The second-order valence-electron chi connectivity index (χ2n) is 4.88. The highest BCUT2D eigenvalue weighted by atomic mass is 79.9. The maximum absolute atomic E-state index is 12.1. The lowest BCUT2D eigenvalue weighted by molar-refractivity contribution is -0.384. The Morgan fingerprint density at radius 1 is 1.30 bits per heavy atom. The van der Waals surface area contributed by atoms with Gasteiger partial charge in [-0.05, 0) is 21.5 Å². The van der Waals surface area contributed by atoms with Gasteiger partial charge in [0, 0.05) is 19.2 Å². The third kappa shape index (κ3) is 2.57. The van der Waals surface area contributed by atoms with E-state index in [0.29, 0.717) is 4.73 Å². The molecule has 2 aromatic heterocycles. The first-order valence-corrected chi connectivity index (χ1v) is 7.26. The fraction of sp³-hybridized carbons (Fsp3) is 0.154. The number of nitrogens with one attached hydrogen (secondary N) is 1. The standard InChI is InChI=1S/C13H10BrN5O4/c1-17-10-9(11(20)16-13(17)21)18(12(14)15-10)6-7-2-4-8(5-3-7)19(22)23/h2-5H,6H2,1H3,(H,16,20,21). The van der Waals surface area contributed by atoms with Gasteiger partial charge in [-0.2, -0.15) is 0 Å². The fourth-order valence-corrected chi connectivity index (χ4v) is 2.73. The lowest BCUT2D eigenvalue weighted by Crippen LogP contribution is -2.29. The van der Waals surface area contributed by atoms with Crippen molar-refractivity contribution in [2.24, 2.45) is 7.05 Å². The summed E-state index contributed by atoms with van der Waals surface area (Å²) in [6.07, 6.45) is 0. The number of non-ortho nitro benzene ring substituents is 1. The molecule has 1 aromatic carbocycles. The molecule has 0 aliphatic carbocycles. The van der Waals surface area contributed by atoms with Crippen molar-refractivity contribution in [1.29, 1.82) is 0 Å². The Balaban J connectivity index is 2.12. The van der Waals surface area contributed by atoms with Crippen LogP contribution in [0.15, 0.2) is 38.6 Å². The van der Waals surface area contributed by atoms with E-state index in [-0.39, 0.29) is 23.4 Å². The molecule has 0 amide bonds. The fourth-order valence-electron chi connectivity index (χ4n) is 2.26. The molecule has 0 fully saturated rings. The molecule has 1 N–H and O–H groups in total. The molecule has 0 aliphatic heterocycles. The maximum Gasteiger partial charge on any atom is 0.329 e. The zero-order valence-electron chi connectivity index (χ0n) is 11.8. The van der Waals surface area contributed by atoms with Crippen molar-refractivity contribution in [2.75, 3.05) is 0 Å². The Morgan fingerprint density at radius 3 is 2.57 bits per heavy atom. The van der Waals surface area contributed by atoms with Gasteiger partial charge in [0.1, 0.15) is 0 Å². The number of aromatic nitrogens is 4. The molecule has 2 heterocycles. The van der Waals surface area contributed by atoms with Crippen LogP contribution in [0.5, 0.6) is 0 Å². The molecule has 3 rings (SSSR count). The highest BCUT2D eigenvalue weighted by molar-refractivity contribution is 9.10. The molecule has 0 radical (unpaired) electrons. The Morgan fingerprint density at radius 2 is 1.96 bits per heavy atom. The molecule has 0 atom stereocenters. The molecular weight excluding hydrogens is 370 g/mol. The van der Waals surface area contributed by atoms with Crippen LogP contribution in [0.2, 0.25) is 0 Å². The van der Waals surface area contributed by atoms with E-state index in [1.54, 1.807) is 16.7 Å². The van der Waals surface area contributed by atoms with Crippen LogP contribution in [0, 0.1) is 10.1 Å². The van der Waals surface area contributed by atoms with Gasteiger partial charge in [-0.25, -0.2) is 9.78 Å². The smallest absolute Gasteiger partial charge is 0.308 e. The van der Waals surface area contributed by atoms with E-state index in [4.69, 9.17) is 0 Å². The normalized spacial score (nSPS) is 11.0. The van der Waals surface area contributed by atoms with Crippen molar-refractivity contribution in [3.8, 4) is 0 Å². The average molecular weight is 380 g/mol. The predicted octanol–water partition coefficient (Wildman–Crippen LogP) is 1.14. The van der Waals surface area contributed by atoms with Crippen LogP contribution in [0.4, 0.5) is 5.69 Å². The number of H-pyrrole nitrogens is 1. The van der Waals surface area contributed by atoms with Crippen LogP contribution >= 0.6 is 15.9 Å². The Kier molecular flexibility index (Phi) is 3.60. The zero-order chi connectivity index (χ0) is 16.7. The summed E-state index contributed by atoms with van der Waals surface area (Å²) >= 11 is 3.27. The second kappa shape index (κ2) is 5.47. The van der Waals surface area contributed by atoms with Crippen LogP contribution in [0.25, 0.3) is 11.2 Å². The number of benzene rings is 1. The summed E-state index contributed by atoms with van der Waals surface area (Å²) in [4.78, 5) is 40.3. The third-order valence-electron chi connectivity index (χ3n) is 3.45. The molecule has 0 saturated heterocycles. The number of hydrogen-bond donors (Lipinski definition) is 1. The van der Waals surface area contributed by atoms with Gasteiger partial charge in [-0.1, -0.05) is 12.1 Å². The van der Waals surface area contributed by atoms with Crippen molar-refractivity contribution in [2.45, 2.75) is 6.54 Å². The van der Waals surface area contributed by atoms with E-state index in [1.807, 2.05) is 0 Å². The number of imidazole rings is 1. The van der Waals surface area contributed by atoms with Gasteiger partial charge in [0.2, 0.25) is 0 Å². The predicted molar refractivity (Wildman–Crippen MR) is 85.5 cm³/mol. The first kappa shape index (κ1) is 15.2. The molecule has 9 nitrogen and oxygen atoms in total. The highest BCUT2D eigenvalue weighted by Crippen LogP contribution is 2.19. The van der Waals surface area contributed by atoms with Gasteiger partial charge in [-0.3, -0.25) is 24.5 Å². The van der Waals surface area contributed by atoms with Crippen molar-refractivity contribution in [1.82, 2.24) is 19.1 Å². The third-order valence-corrected chi connectivity index (χ3v) is 4.05. The molecule has 23 heavy (non-hydrogen) atoms. The molecule has 0 unspecified atom stereocenters. The quantitative estimate of drug-likeness (QED) is 0.416. The molecule has 0 spiro atoms. The summed E-state index contributed by atoms with van der Waals surface area (Å²) in [5, 5.41) is 10.7. The van der Waals surface area contributed by atoms with Crippen LogP contribution < -0.4 is 11.2 Å². The monoisotopic (exact) mass is 379 g/mol. The SMILES string of the molecule is Cn1c(=O)[nH]c(=O)c2c1nc(Br)n2Cc1ccc([N+](=O)[O-])cc1. The summed E-state index contributed by atoms with van der Waals surface area (Å²) < 4.78 is 3.22. The lowest BCUT2D eigenvalue weighted by atomic mass is 10.2. The second-order valence-corrected chi connectivity index (χ2v) is 5.59. The number of aryl methyl sites for hydroxylation is 1. The van der Waals surface area contributed by atoms with E-state index in [1.165, 1.54) is 23.7 Å². The topological polar surface area (TPSA) is 116 Å². The minimum Gasteiger partial charge on any atom is -0.308 e. The Bertz CT molecular complexity index is 1030. The number of rotatable bonds is 3. The number of aromatic amines is 1. The number of fused-ring (bicyclic) bond motifs is 1. The molecule has 0 saturated carbocycles. The molecule has 0 aliphatic rings. The summed E-state index contributed by atoms with van der Waals surface area (Å²) in [6.45, 7) is 0.274. The summed E-state index contributed by atoms with van der Waals surface area (Å²) in [5.41, 5.74) is 0.162. The first-order valence-electron chi connectivity index (χ1n) is 6.47. The largest absolute Gasteiger partial charge is 0.329 e. The maximum atomic E-state index is 12.1. The number of hydrogen-bond acceptors (Lipinski definition) is 5. The zero-order valence-corrected chi connectivity index (χ0v) is 13.4. The minimum absolute atomic E-state index is 0.0106. The van der Waals surface area contributed by atoms with Crippen LogP contribution in [0.1, 0.15) is 5.56 Å². The van der Waals surface area contributed by atoms with Crippen LogP contribution in [-0.2, 0) is 13.6 Å². The van der Waals surface area contributed by atoms with E-state index in [0.717, 1.165) is 5.56 Å². The molecule has 3 aromatic rings. The van der Waals surface area contributed by atoms with Gasteiger partial charge < -0.3 is 4.57 Å². The van der Waals surface area contributed by atoms with Gasteiger partial charge in [0.15, 0.2) is 15.9 Å². The van der Waals surface area contributed by atoms with Crippen LogP contribution in [-0.4, -0.2) is 24.0 Å². The lowest BCUT2D eigenvalue weighted by Gasteiger charge is -2.06. The van der Waals surface area contributed by atoms with Crippen molar-refractivity contribution in [3.63, 3.8) is 0 Å². The van der Waals surface area contributed by atoms with Crippen LogP contribution in [0.3, 0.4) is 0 Å². The molecule has 118 valence electrons. The van der Waals surface area contributed by atoms with Gasteiger partial charge in [0.05, 0.1) is 11.5 Å². The Hall–Kier alpha value is -2.75. The number of nitro groups is 1. The van der Waals surface area contributed by atoms with Gasteiger partial charge in [0.25, 0.3) is 11.2 Å². The summed E-state index contributed by atoms with van der Waals surface area (Å²) in [7, 11) is 1.51. The molecule has 10 heteroatoms. The van der Waals surface area contributed by atoms with Gasteiger partial charge >= 0.3 is 5.69 Å². The summed E-state index contributed by atoms with van der Waals surface area (Å²) in [6, 6.07) is 5.99. The van der Waals surface area contributed by atoms with E-state index in [9.17, 15) is 19.7 Å². The summed E-state index contributed by atoms with van der Waals surface area (Å²) in [5.74, 6) is 0. The molecular formula is C13H10BrN5O4. The van der Waals surface area contributed by atoms with Crippen molar-refractivity contribution < 1.29 is 4.92 Å². The van der Waals surface area contributed by atoms with Gasteiger partial charge in [-0.15, -0.1) is 0 Å². The van der Waals surface area contributed by atoms with E-state index >= 15 is 0 Å². The number of nitrogens with zero attached hydrogens (tertiary/aromatic N) is 4. The highest BCUT2D eigenvalue weighted by Gasteiger charge is 2.16. The minimum atomic E-state index is -0.546. The molecule has 0 bridgehead atoms. The van der Waals surface area contributed by atoms with Crippen molar-refractivity contribution >= 4 is 32.8 Å². The first-order chi connectivity index (χ1) is 10.9. The van der Waals surface area contributed by atoms with Crippen molar-refractivity contribution in [3.05, 3.63) is 65.5 Å². The van der Waals surface area contributed by atoms with E-state index in [2.05, 4.69) is 25.9 Å². The average Bonchev–Trinajstić information content (AvgIpc) is 2.83. The number of nitro benzene ring substituents is 1.